The van der Waals surface area contributed by atoms with Gasteiger partial charge in [0.25, 0.3) is 0 Å². The third-order valence-electron chi connectivity index (χ3n) is 1.84. The first-order chi connectivity index (χ1) is 6.45. The quantitative estimate of drug-likeness (QED) is 0.733. The van der Waals surface area contributed by atoms with Crippen molar-refractivity contribution < 1.29 is 0 Å². The molecule has 1 nitrogen and oxygen atoms in total. The summed E-state index contributed by atoms with van der Waals surface area (Å²) in [5.74, 6) is 0. The van der Waals surface area contributed by atoms with Gasteiger partial charge in [-0.3, -0.25) is 0 Å². The lowest BCUT2D eigenvalue weighted by atomic mass is 10.3. The monoisotopic (exact) mass is 201 g/mol. The normalized spacial score (nSPS) is 8.86. The molecular formula is C12H15NSi. The third kappa shape index (κ3) is 2.75. The van der Waals surface area contributed by atoms with E-state index >= 15 is 0 Å². The van der Waals surface area contributed by atoms with Crippen molar-refractivity contribution in [3.8, 4) is 0 Å². The molecule has 2 rings (SSSR count). The largest absolute Gasteiger partial charge is 0.356 e. The van der Waals surface area contributed by atoms with Crippen molar-refractivity contribution in [2.75, 3.05) is 5.32 Å². The Morgan fingerprint density at radius 2 is 0.929 bits per heavy atom. The first-order valence-electron chi connectivity index (χ1n) is 4.32. The molecule has 2 aromatic rings. The van der Waals surface area contributed by atoms with Crippen LogP contribution in [0.25, 0.3) is 0 Å². The lowest BCUT2D eigenvalue weighted by Gasteiger charge is -2.04. The van der Waals surface area contributed by atoms with Crippen molar-refractivity contribution in [3.05, 3.63) is 60.7 Å². The maximum atomic E-state index is 3.30. The lowest BCUT2D eigenvalue weighted by molar-refractivity contribution is 1.55. The summed E-state index contributed by atoms with van der Waals surface area (Å²) in [5.41, 5.74) is 2.24. The number of hydrogen-bond acceptors (Lipinski definition) is 1. The second kappa shape index (κ2) is 5.24. The summed E-state index contributed by atoms with van der Waals surface area (Å²) in [6.07, 6.45) is 0. The standard InChI is InChI=1S/C12H11N.H4Si/c1-3-7-11(8-4-1)13-12-9-5-2-6-10-12;/h1-10,13H;1H4. The van der Waals surface area contributed by atoms with Gasteiger partial charge in [0.15, 0.2) is 0 Å². The summed E-state index contributed by atoms with van der Waals surface area (Å²) in [6, 6.07) is 20.3. The van der Waals surface area contributed by atoms with Crippen LogP contribution in [0.5, 0.6) is 0 Å². The van der Waals surface area contributed by atoms with Crippen LogP contribution < -0.4 is 5.32 Å². The van der Waals surface area contributed by atoms with E-state index in [1.165, 1.54) is 0 Å². The van der Waals surface area contributed by atoms with Crippen molar-refractivity contribution in [1.29, 1.82) is 0 Å². The Morgan fingerprint density at radius 3 is 1.29 bits per heavy atom. The van der Waals surface area contributed by atoms with Crippen LogP contribution in [0.4, 0.5) is 11.4 Å². The molecule has 0 fully saturated rings. The smallest absolute Gasteiger partial charge is 0.0384 e. The summed E-state index contributed by atoms with van der Waals surface area (Å²) in [4.78, 5) is 0. The molecule has 0 saturated carbocycles. The summed E-state index contributed by atoms with van der Waals surface area (Å²) in [7, 11) is 0. The van der Waals surface area contributed by atoms with Crippen molar-refractivity contribution in [1.82, 2.24) is 0 Å². The second-order valence-corrected chi connectivity index (χ2v) is 2.86. The molecule has 2 heteroatoms. The highest BCUT2D eigenvalue weighted by Crippen LogP contribution is 2.14. The number of rotatable bonds is 2. The van der Waals surface area contributed by atoms with Crippen LogP contribution in [0, 0.1) is 0 Å². The molecule has 0 aliphatic rings. The number of nitrogens with one attached hydrogen (secondary N) is 1. The summed E-state index contributed by atoms with van der Waals surface area (Å²) in [6.45, 7) is 0. The minimum absolute atomic E-state index is 0. The molecule has 0 spiro atoms. The van der Waals surface area contributed by atoms with Gasteiger partial charge in [0.05, 0.1) is 0 Å². The Morgan fingerprint density at radius 1 is 0.571 bits per heavy atom. The van der Waals surface area contributed by atoms with Crippen molar-refractivity contribution >= 4 is 22.3 Å². The van der Waals surface area contributed by atoms with Crippen molar-refractivity contribution in [2.45, 2.75) is 0 Å². The Kier molecular flexibility index (Phi) is 3.95. The number of hydrogen-bond donors (Lipinski definition) is 1. The minimum Gasteiger partial charge on any atom is -0.356 e. The zero-order valence-electron chi connectivity index (χ0n) is 7.27. The molecule has 0 amide bonds. The highest BCUT2D eigenvalue weighted by molar-refractivity contribution is 5.75. The van der Waals surface area contributed by atoms with E-state index < -0.39 is 0 Å². The molecule has 14 heavy (non-hydrogen) atoms. The highest BCUT2D eigenvalue weighted by Gasteiger charge is 1.89. The van der Waals surface area contributed by atoms with Gasteiger partial charge in [-0.05, 0) is 35.2 Å². The van der Waals surface area contributed by atoms with Gasteiger partial charge in [0.1, 0.15) is 0 Å². The maximum absolute atomic E-state index is 3.30. The molecule has 0 heterocycles. The fourth-order valence-electron chi connectivity index (χ4n) is 1.21. The fraction of sp³-hybridized carbons (Fsp3) is 0. The molecule has 0 saturated heterocycles. The Bertz CT molecular complexity index is 321. The van der Waals surface area contributed by atoms with Crippen LogP contribution in [-0.2, 0) is 0 Å². The molecule has 0 bridgehead atoms. The molecule has 0 radical (unpaired) electrons. The Hall–Kier alpha value is -1.54. The van der Waals surface area contributed by atoms with Gasteiger partial charge >= 0.3 is 0 Å². The van der Waals surface area contributed by atoms with Crippen LogP contribution in [0.2, 0.25) is 0 Å². The van der Waals surface area contributed by atoms with Crippen molar-refractivity contribution in [3.63, 3.8) is 0 Å². The lowest BCUT2D eigenvalue weighted by Crippen LogP contribution is -1.87. The summed E-state index contributed by atoms with van der Waals surface area (Å²) < 4.78 is 0. The summed E-state index contributed by atoms with van der Waals surface area (Å²) >= 11 is 0. The van der Waals surface area contributed by atoms with E-state index in [0.717, 1.165) is 11.4 Å². The van der Waals surface area contributed by atoms with Gasteiger partial charge < -0.3 is 5.32 Å². The Balaban J connectivity index is 0.000000980. The van der Waals surface area contributed by atoms with Gasteiger partial charge in [-0.2, -0.15) is 0 Å². The molecule has 0 unspecified atom stereocenters. The van der Waals surface area contributed by atoms with E-state index in [-0.39, 0.29) is 11.0 Å². The fourth-order valence-corrected chi connectivity index (χ4v) is 1.21. The number of benzene rings is 2. The maximum Gasteiger partial charge on any atom is 0.0384 e. The van der Waals surface area contributed by atoms with Gasteiger partial charge in [0, 0.05) is 11.4 Å². The number of anilines is 2. The molecule has 1 N–H and O–H groups in total. The predicted molar refractivity (Wildman–Crippen MR) is 67.5 cm³/mol. The second-order valence-electron chi connectivity index (χ2n) is 2.86. The first-order valence-corrected chi connectivity index (χ1v) is 4.32. The zero-order chi connectivity index (χ0) is 8.93. The third-order valence-corrected chi connectivity index (χ3v) is 1.84. The minimum atomic E-state index is 0. The van der Waals surface area contributed by atoms with E-state index in [0.29, 0.717) is 0 Å². The topological polar surface area (TPSA) is 12.0 Å². The highest BCUT2D eigenvalue weighted by atomic mass is 28.1. The van der Waals surface area contributed by atoms with E-state index in [2.05, 4.69) is 5.32 Å². The molecular weight excluding hydrogens is 186 g/mol. The first kappa shape index (κ1) is 10.5. The van der Waals surface area contributed by atoms with E-state index in [1.54, 1.807) is 0 Å². The van der Waals surface area contributed by atoms with Crippen LogP contribution in [0.3, 0.4) is 0 Å². The predicted octanol–water partition coefficient (Wildman–Crippen LogP) is 1.98. The van der Waals surface area contributed by atoms with Crippen molar-refractivity contribution in [2.24, 2.45) is 0 Å². The van der Waals surface area contributed by atoms with Crippen LogP contribution in [0.1, 0.15) is 0 Å². The van der Waals surface area contributed by atoms with Crippen LogP contribution >= 0.6 is 0 Å². The molecule has 0 aromatic heterocycles. The molecule has 0 aliphatic carbocycles. The van der Waals surface area contributed by atoms with Gasteiger partial charge in [0.2, 0.25) is 0 Å². The van der Waals surface area contributed by atoms with Gasteiger partial charge in [-0.15, -0.1) is 0 Å². The molecule has 0 aliphatic heterocycles. The molecule has 2 aromatic carbocycles. The molecule has 0 atom stereocenters. The average molecular weight is 201 g/mol. The van der Waals surface area contributed by atoms with Gasteiger partial charge in [-0.25, -0.2) is 0 Å². The average Bonchev–Trinajstić information content (AvgIpc) is 2.21. The van der Waals surface area contributed by atoms with E-state index in [1.807, 2.05) is 60.7 Å². The Labute approximate surface area is 88.8 Å². The number of para-hydroxylation sites is 2. The summed E-state index contributed by atoms with van der Waals surface area (Å²) in [5, 5.41) is 3.30. The van der Waals surface area contributed by atoms with Crippen LogP contribution in [-0.4, -0.2) is 11.0 Å². The van der Waals surface area contributed by atoms with Gasteiger partial charge in [-0.1, -0.05) is 36.4 Å². The van der Waals surface area contributed by atoms with Crippen LogP contribution in [0.15, 0.2) is 60.7 Å². The SMILES string of the molecule is [SiH4].c1ccc(Nc2ccccc2)cc1. The zero-order valence-corrected chi connectivity index (χ0v) is 7.27. The molecule has 72 valence electrons. The van der Waals surface area contributed by atoms with E-state index in [9.17, 15) is 0 Å². The van der Waals surface area contributed by atoms with E-state index in [4.69, 9.17) is 0 Å².